The van der Waals surface area contributed by atoms with Crippen molar-refractivity contribution in [2.24, 2.45) is 5.41 Å². The average molecular weight is 359 g/mol. The van der Waals surface area contributed by atoms with Crippen LogP contribution in [-0.4, -0.2) is 12.5 Å². The third-order valence-corrected chi connectivity index (χ3v) is 6.26. The van der Waals surface area contributed by atoms with Gasteiger partial charge in [0.2, 0.25) is 5.91 Å². The summed E-state index contributed by atoms with van der Waals surface area (Å²) < 4.78 is 11.7. The van der Waals surface area contributed by atoms with Crippen LogP contribution in [0.4, 0.5) is 0 Å². The minimum Gasteiger partial charge on any atom is -0.466 e. The summed E-state index contributed by atoms with van der Waals surface area (Å²) >= 11 is 1.69. The van der Waals surface area contributed by atoms with Crippen LogP contribution < -0.4 is 5.32 Å². The maximum atomic E-state index is 12.7. The van der Waals surface area contributed by atoms with Gasteiger partial charge in [0.1, 0.15) is 17.6 Å². The second-order valence-corrected chi connectivity index (χ2v) is 8.97. The molecule has 5 heteroatoms. The van der Waals surface area contributed by atoms with Crippen molar-refractivity contribution in [3.05, 3.63) is 45.0 Å². The molecule has 1 amide bonds. The lowest BCUT2D eigenvalue weighted by atomic mass is 9.74. The fourth-order valence-corrected chi connectivity index (χ4v) is 5.11. The molecule has 134 valence electrons. The second-order valence-electron chi connectivity index (χ2n) is 8.02. The summed E-state index contributed by atoms with van der Waals surface area (Å²) in [5, 5.41) is 5.33. The molecule has 2 aromatic rings. The number of ether oxygens (including phenoxy) is 1. The molecule has 2 aromatic heterocycles. The zero-order chi connectivity index (χ0) is 17.6. The zero-order valence-electron chi connectivity index (χ0n) is 15.1. The van der Waals surface area contributed by atoms with Gasteiger partial charge in [0, 0.05) is 16.9 Å². The number of furan rings is 1. The number of aryl methyl sites for hydroxylation is 1. The van der Waals surface area contributed by atoms with E-state index in [9.17, 15) is 4.79 Å². The number of rotatable bonds is 3. The predicted molar refractivity (Wildman–Crippen MR) is 97.8 cm³/mol. The van der Waals surface area contributed by atoms with Gasteiger partial charge in [-0.1, -0.05) is 13.8 Å². The fraction of sp³-hybridized carbons (Fsp3) is 0.550. The second kappa shape index (κ2) is 6.29. The van der Waals surface area contributed by atoms with Crippen LogP contribution in [0.2, 0.25) is 0 Å². The summed E-state index contributed by atoms with van der Waals surface area (Å²) in [6, 6.07) is 4.25. The lowest BCUT2D eigenvalue weighted by Gasteiger charge is -2.35. The van der Waals surface area contributed by atoms with Gasteiger partial charge in [-0.05, 0) is 48.3 Å². The molecule has 4 nitrogen and oxygen atoms in total. The Labute approximate surface area is 152 Å². The molecule has 2 aliphatic rings. The Kier molecular flexibility index (Phi) is 4.24. The summed E-state index contributed by atoms with van der Waals surface area (Å²) in [4.78, 5) is 13.9. The van der Waals surface area contributed by atoms with Gasteiger partial charge >= 0.3 is 0 Å². The van der Waals surface area contributed by atoms with Crippen molar-refractivity contribution in [3.8, 4) is 0 Å². The van der Waals surface area contributed by atoms with Crippen LogP contribution in [0.15, 0.2) is 21.9 Å². The molecule has 0 fully saturated rings. The van der Waals surface area contributed by atoms with Gasteiger partial charge in [-0.2, -0.15) is 0 Å². The number of fused-ring (bicyclic) bond motifs is 2. The van der Waals surface area contributed by atoms with Crippen molar-refractivity contribution < 1.29 is 13.9 Å². The third-order valence-electron chi connectivity index (χ3n) is 5.21. The number of nitrogens with one attached hydrogen (secondary N) is 1. The third kappa shape index (κ3) is 3.40. The van der Waals surface area contributed by atoms with Crippen molar-refractivity contribution >= 4 is 17.2 Å². The molecule has 0 bridgehead atoms. The van der Waals surface area contributed by atoms with Crippen LogP contribution in [0.25, 0.3) is 0 Å². The Morgan fingerprint density at radius 2 is 2.28 bits per heavy atom. The molecule has 0 spiro atoms. The first-order valence-corrected chi connectivity index (χ1v) is 9.86. The van der Waals surface area contributed by atoms with E-state index < -0.39 is 0 Å². The van der Waals surface area contributed by atoms with Crippen molar-refractivity contribution in [2.45, 2.75) is 58.6 Å². The van der Waals surface area contributed by atoms with Crippen LogP contribution in [0, 0.1) is 12.3 Å². The standard InChI is InChI=1S/C20H25NO3S/c1-12-8-14-15(10-20(2,3)11-17(14)24-12)21-18(22)9-16-19-13(4-6-23-16)5-7-25-19/h5,7-8,15-16H,4,6,9-11H2,1-3H3,(H,21,22)/t15-,16-/m0/s1. The van der Waals surface area contributed by atoms with Crippen LogP contribution in [0.5, 0.6) is 0 Å². The van der Waals surface area contributed by atoms with E-state index >= 15 is 0 Å². The molecule has 2 atom stereocenters. The molecular formula is C20H25NO3S. The average Bonchev–Trinajstić information content (AvgIpc) is 3.12. The van der Waals surface area contributed by atoms with Gasteiger partial charge in [0.25, 0.3) is 0 Å². The van der Waals surface area contributed by atoms with Crippen LogP contribution in [0.3, 0.4) is 0 Å². The van der Waals surface area contributed by atoms with E-state index in [0.29, 0.717) is 13.0 Å². The minimum atomic E-state index is -0.106. The lowest BCUT2D eigenvalue weighted by molar-refractivity contribution is -0.125. The van der Waals surface area contributed by atoms with Gasteiger partial charge < -0.3 is 14.5 Å². The van der Waals surface area contributed by atoms with Crippen LogP contribution in [0.1, 0.15) is 66.4 Å². The molecule has 1 N–H and O–H groups in total. The van der Waals surface area contributed by atoms with Crippen molar-refractivity contribution in [2.75, 3.05) is 6.61 Å². The highest BCUT2D eigenvalue weighted by molar-refractivity contribution is 7.10. The summed E-state index contributed by atoms with van der Waals surface area (Å²) in [6.45, 7) is 7.13. The molecule has 0 saturated carbocycles. The largest absolute Gasteiger partial charge is 0.466 e. The molecule has 0 aromatic carbocycles. The van der Waals surface area contributed by atoms with E-state index in [0.717, 1.165) is 36.3 Å². The number of hydrogen-bond donors (Lipinski definition) is 1. The Morgan fingerprint density at radius 3 is 3.12 bits per heavy atom. The monoisotopic (exact) mass is 359 g/mol. The highest BCUT2D eigenvalue weighted by Gasteiger charge is 2.36. The number of carbonyl (C=O) groups is 1. The molecule has 1 aliphatic carbocycles. The molecule has 3 heterocycles. The van der Waals surface area contributed by atoms with E-state index in [1.807, 2.05) is 6.92 Å². The number of carbonyl (C=O) groups excluding carboxylic acids is 1. The van der Waals surface area contributed by atoms with Crippen molar-refractivity contribution in [1.29, 1.82) is 0 Å². The summed E-state index contributed by atoms with van der Waals surface area (Å²) in [5.41, 5.74) is 2.60. The van der Waals surface area contributed by atoms with Gasteiger partial charge in [0.05, 0.1) is 19.1 Å². The zero-order valence-corrected chi connectivity index (χ0v) is 15.9. The lowest BCUT2D eigenvalue weighted by Crippen LogP contribution is -2.36. The summed E-state index contributed by atoms with van der Waals surface area (Å²) in [7, 11) is 0. The molecule has 25 heavy (non-hydrogen) atoms. The topological polar surface area (TPSA) is 51.5 Å². The normalized spacial score (nSPS) is 24.4. The van der Waals surface area contributed by atoms with Gasteiger partial charge in [-0.15, -0.1) is 11.3 Å². The van der Waals surface area contributed by atoms with Crippen LogP contribution >= 0.6 is 11.3 Å². The molecular weight excluding hydrogens is 334 g/mol. The predicted octanol–water partition coefficient (Wildman–Crippen LogP) is 4.48. The van der Waals surface area contributed by atoms with Gasteiger partial charge in [-0.3, -0.25) is 4.79 Å². The Balaban J connectivity index is 1.48. The molecule has 0 unspecified atom stereocenters. The van der Waals surface area contributed by atoms with E-state index in [1.54, 1.807) is 11.3 Å². The van der Waals surface area contributed by atoms with E-state index in [4.69, 9.17) is 9.15 Å². The number of hydrogen-bond acceptors (Lipinski definition) is 4. The Morgan fingerprint density at radius 1 is 1.44 bits per heavy atom. The SMILES string of the molecule is Cc1cc2c(o1)CC(C)(C)C[C@@H]2NC(=O)C[C@@H]1OCCc2ccsc21. The van der Waals surface area contributed by atoms with E-state index in [2.05, 4.69) is 36.7 Å². The Bertz CT molecular complexity index is 789. The first-order valence-electron chi connectivity index (χ1n) is 8.98. The van der Waals surface area contributed by atoms with Gasteiger partial charge in [-0.25, -0.2) is 0 Å². The maximum absolute atomic E-state index is 12.7. The maximum Gasteiger partial charge on any atom is 0.223 e. The van der Waals surface area contributed by atoms with Crippen molar-refractivity contribution in [1.82, 2.24) is 5.32 Å². The van der Waals surface area contributed by atoms with Gasteiger partial charge in [0.15, 0.2) is 0 Å². The quantitative estimate of drug-likeness (QED) is 0.879. The van der Waals surface area contributed by atoms with Crippen LogP contribution in [-0.2, 0) is 22.4 Å². The molecule has 4 rings (SSSR count). The van der Waals surface area contributed by atoms with E-state index in [-0.39, 0.29) is 23.5 Å². The summed E-state index contributed by atoms with van der Waals surface area (Å²) in [5.74, 6) is 1.99. The first kappa shape index (κ1) is 16.9. The summed E-state index contributed by atoms with van der Waals surface area (Å²) in [6.07, 6.45) is 3.08. The number of thiophene rings is 1. The van der Waals surface area contributed by atoms with E-state index in [1.165, 1.54) is 10.4 Å². The molecule has 1 aliphatic heterocycles. The first-order chi connectivity index (χ1) is 11.9. The Hall–Kier alpha value is -1.59. The minimum absolute atomic E-state index is 0.0232. The fourth-order valence-electron chi connectivity index (χ4n) is 4.11. The number of amides is 1. The highest BCUT2D eigenvalue weighted by Crippen LogP contribution is 2.42. The highest BCUT2D eigenvalue weighted by atomic mass is 32.1. The van der Waals surface area contributed by atoms with Crippen molar-refractivity contribution in [3.63, 3.8) is 0 Å². The molecule has 0 radical (unpaired) electrons. The smallest absolute Gasteiger partial charge is 0.223 e. The molecule has 0 saturated heterocycles.